The van der Waals surface area contributed by atoms with Crippen LogP contribution in [0.3, 0.4) is 0 Å². The molecule has 0 spiro atoms. The highest BCUT2D eigenvalue weighted by molar-refractivity contribution is 7.47. The molecule has 0 aliphatic rings. The molecule has 0 aromatic rings. The van der Waals surface area contributed by atoms with Gasteiger partial charge in [-0.15, -0.1) is 0 Å². The predicted octanol–water partition coefficient (Wildman–Crippen LogP) is 16.9. The van der Waals surface area contributed by atoms with E-state index in [-0.39, 0.29) is 25.7 Å². The van der Waals surface area contributed by atoms with Crippen LogP contribution in [0.2, 0.25) is 0 Å². The Morgan fingerprint density at radius 3 is 0.840 bits per heavy atom. The zero-order chi connectivity index (χ0) is 60.1. The first kappa shape index (κ1) is 79.1. The van der Waals surface area contributed by atoms with Crippen molar-refractivity contribution >= 4 is 39.5 Å². The van der Waals surface area contributed by atoms with Crippen LogP contribution in [0.5, 0.6) is 0 Å². The summed E-state index contributed by atoms with van der Waals surface area (Å²) in [5, 5.41) is 10.5. The molecule has 0 aliphatic carbocycles. The van der Waals surface area contributed by atoms with Gasteiger partial charge in [-0.2, -0.15) is 0 Å². The number of esters is 4. The summed E-state index contributed by atoms with van der Waals surface area (Å²) in [5.74, 6) is -0.695. The topological polar surface area (TPSA) is 237 Å². The number of phosphoric ester groups is 2. The molecule has 17 nitrogen and oxygen atoms in total. The van der Waals surface area contributed by atoms with E-state index in [1.54, 1.807) is 0 Å². The van der Waals surface area contributed by atoms with E-state index in [2.05, 4.69) is 41.5 Å². The Hall–Kier alpha value is -1.94. The summed E-state index contributed by atoms with van der Waals surface area (Å²) < 4.78 is 67.9. The maximum Gasteiger partial charge on any atom is 0.472 e. The van der Waals surface area contributed by atoms with Crippen molar-refractivity contribution in [2.24, 2.45) is 11.8 Å². The third kappa shape index (κ3) is 56.9. The maximum atomic E-state index is 12.9. The van der Waals surface area contributed by atoms with Gasteiger partial charge in [0.15, 0.2) is 12.2 Å². The third-order valence-electron chi connectivity index (χ3n) is 14.2. The number of ether oxygens (including phenoxy) is 4. The van der Waals surface area contributed by atoms with Crippen LogP contribution in [-0.2, 0) is 65.4 Å². The van der Waals surface area contributed by atoms with Crippen molar-refractivity contribution in [1.82, 2.24) is 0 Å². The van der Waals surface area contributed by atoms with Crippen LogP contribution < -0.4 is 0 Å². The quantitative estimate of drug-likeness (QED) is 0.0222. The van der Waals surface area contributed by atoms with E-state index in [1.165, 1.54) is 122 Å². The van der Waals surface area contributed by atoms with Crippen molar-refractivity contribution in [3.63, 3.8) is 0 Å². The van der Waals surface area contributed by atoms with Crippen molar-refractivity contribution in [2.45, 2.75) is 323 Å². The highest BCUT2D eigenvalue weighted by atomic mass is 31.2. The van der Waals surface area contributed by atoms with Gasteiger partial charge in [0.05, 0.1) is 26.4 Å². The fraction of sp³-hybridized carbons (Fsp3) is 0.935. The van der Waals surface area contributed by atoms with Crippen LogP contribution in [0.15, 0.2) is 0 Å². The summed E-state index contributed by atoms with van der Waals surface area (Å²) in [4.78, 5) is 72.0. The van der Waals surface area contributed by atoms with Gasteiger partial charge in [-0.05, 0) is 37.5 Å². The molecule has 480 valence electrons. The third-order valence-corrected chi connectivity index (χ3v) is 16.1. The smallest absolute Gasteiger partial charge is 0.462 e. The van der Waals surface area contributed by atoms with E-state index in [0.717, 1.165) is 102 Å². The minimum Gasteiger partial charge on any atom is -0.462 e. The number of hydrogen-bond donors (Lipinski definition) is 3. The number of hydrogen-bond acceptors (Lipinski definition) is 15. The summed E-state index contributed by atoms with van der Waals surface area (Å²) in [6.07, 6.45) is 36.2. The first-order valence-corrected chi connectivity index (χ1v) is 35.5. The van der Waals surface area contributed by atoms with Gasteiger partial charge >= 0.3 is 39.5 Å². The molecule has 81 heavy (non-hydrogen) atoms. The zero-order valence-electron chi connectivity index (χ0n) is 52.1. The van der Waals surface area contributed by atoms with E-state index in [9.17, 15) is 43.2 Å². The number of aliphatic hydroxyl groups is 1. The molecule has 5 atom stereocenters. The van der Waals surface area contributed by atoms with Gasteiger partial charge in [0.2, 0.25) is 0 Å². The molecule has 0 aromatic heterocycles. The highest BCUT2D eigenvalue weighted by Crippen LogP contribution is 2.45. The van der Waals surface area contributed by atoms with Gasteiger partial charge in [0.25, 0.3) is 0 Å². The Kier molecular flexibility index (Phi) is 53.4. The summed E-state index contributed by atoms with van der Waals surface area (Å²) in [6.45, 7) is 9.38. The first-order valence-electron chi connectivity index (χ1n) is 32.5. The van der Waals surface area contributed by atoms with Gasteiger partial charge in [-0.3, -0.25) is 37.3 Å². The Balaban J connectivity index is 5.24. The van der Waals surface area contributed by atoms with Gasteiger partial charge in [0, 0.05) is 25.7 Å². The molecule has 0 aliphatic heterocycles. The second-order valence-electron chi connectivity index (χ2n) is 23.4. The summed E-state index contributed by atoms with van der Waals surface area (Å²) >= 11 is 0. The Bertz CT molecular complexity index is 1600. The molecule has 0 bridgehead atoms. The average molecular weight is 1200 g/mol. The number of carbonyl (C=O) groups is 4. The molecule has 0 aromatic carbocycles. The number of unbranched alkanes of at least 4 members (excludes halogenated alkanes) is 31. The molecule has 0 amide bonds. The highest BCUT2D eigenvalue weighted by Gasteiger charge is 2.30. The van der Waals surface area contributed by atoms with Crippen LogP contribution in [-0.4, -0.2) is 96.7 Å². The zero-order valence-corrected chi connectivity index (χ0v) is 53.9. The molecule has 0 radical (unpaired) electrons. The average Bonchev–Trinajstić information content (AvgIpc) is 3.42. The van der Waals surface area contributed by atoms with Crippen LogP contribution in [0.25, 0.3) is 0 Å². The number of phosphoric acid groups is 2. The first-order chi connectivity index (χ1) is 38.9. The Morgan fingerprint density at radius 2 is 0.568 bits per heavy atom. The van der Waals surface area contributed by atoms with Crippen LogP contribution >= 0.6 is 15.6 Å². The van der Waals surface area contributed by atoms with E-state index >= 15 is 0 Å². The number of carbonyl (C=O) groups excluding carboxylic acids is 4. The number of aliphatic hydroxyl groups excluding tert-OH is 1. The Morgan fingerprint density at radius 1 is 0.333 bits per heavy atom. The van der Waals surface area contributed by atoms with Gasteiger partial charge in [0.1, 0.15) is 19.3 Å². The predicted molar refractivity (Wildman–Crippen MR) is 321 cm³/mol. The van der Waals surface area contributed by atoms with Crippen LogP contribution in [0.4, 0.5) is 0 Å². The van der Waals surface area contributed by atoms with E-state index in [1.807, 2.05) is 0 Å². The second kappa shape index (κ2) is 54.7. The van der Waals surface area contributed by atoms with Gasteiger partial charge in [-0.1, -0.05) is 253 Å². The van der Waals surface area contributed by atoms with E-state index in [0.29, 0.717) is 25.7 Å². The van der Waals surface area contributed by atoms with Crippen molar-refractivity contribution in [1.29, 1.82) is 0 Å². The summed E-state index contributed by atoms with van der Waals surface area (Å²) in [6, 6.07) is 0. The maximum absolute atomic E-state index is 12.9. The molecule has 0 fully saturated rings. The van der Waals surface area contributed by atoms with Crippen LogP contribution in [0, 0.1) is 11.8 Å². The Labute approximate surface area is 492 Å². The van der Waals surface area contributed by atoms with Crippen molar-refractivity contribution in [2.75, 3.05) is 39.6 Å². The van der Waals surface area contributed by atoms with E-state index < -0.39 is 97.5 Å². The van der Waals surface area contributed by atoms with Crippen molar-refractivity contribution in [3.8, 4) is 0 Å². The minimum atomic E-state index is -4.94. The lowest BCUT2D eigenvalue weighted by Crippen LogP contribution is -2.30. The van der Waals surface area contributed by atoms with Gasteiger partial charge < -0.3 is 33.8 Å². The molecule has 3 N–H and O–H groups in total. The molecule has 19 heteroatoms. The van der Waals surface area contributed by atoms with E-state index in [4.69, 9.17) is 37.0 Å². The fourth-order valence-electron chi connectivity index (χ4n) is 9.18. The summed E-state index contributed by atoms with van der Waals surface area (Å²) in [5.41, 5.74) is 0. The SMILES string of the molecule is CCCCCCCCCCCCC(=O)O[C@H](COC(=O)CCCCCCCCCCC)COP(=O)(O)OC[C@H](O)COP(=O)(O)OC[C@@H](COC(=O)CCCCCCCCCCC(C)C)OC(=O)CCCCCCCCCCC(C)C. The molecule has 0 heterocycles. The summed E-state index contributed by atoms with van der Waals surface area (Å²) in [7, 11) is -9.88. The lowest BCUT2D eigenvalue weighted by molar-refractivity contribution is -0.161. The molecule has 0 saturated carbocycles. The van der Waals surface area contributed by atoms with Crippen molar-refractivity contribution in [3.05, 3.63) is 0 Å². The standard InChI is InChI=1S/C62H120O17P2/c1-7-9-11-13-15-17-19-28-34-40-46-61(66)78-57(50-72-59(64)44-38-32-26-18-16-14-12-10-8-2)52-76-80(68,69)74-48-56(63)49-75-81(70,71)77-53-58(79-62(67)47-41-35-29-23-21-25-31-37-43-55(5)6)51-73-60(65)45-39-33-27-22-20-24-30-36-42-54(3)4/h54-58,63H,7-53H2,1-6H3,(H,68,69)(H,70,71)/t56-,57+,58+/m0/s1. The largest absolute Gasteiger partial charge is 0.472 e. The fourth-order valence-corrected chi connectivity index (χ4v) is 10.8. The lowest BCUT2D eigenvalue weighted by atomic mass is 10.0. The molecule has 2 unspecified atom stereocenters. The second-order valence-corrected chi connectivity index (χ2v) is 26.3. The normalized spacial score (nSPS) is 14.4. The monoisotopic (exact) mass is 1200 g/mol. The lowest BCUT2D eigenvalue weighted by Gasteiger charge is -2.21. The number of rotatable bonds is 61. The molecule has 0 saturated heterocycles. The van der Waals surface area contributed by atoms with Crippen LogP contribution in [0.1, 0.15) is 305 Å². The molecular formula is C62H120O17P2. The minimum absolute atomic E-state index is 0.104. The molecule has 0 rings (SSSR count). The molecular weight excluding hydrogens is 1080 g/mol. The van der Waals surface area contributed by atoms with Gasteiger partial charge in [-0.25, -0.2) is 9.13 Å². The van der Waals surface area contributed by atoms with Crippen molar-refractivity contribution < 1.29 is 80.2 Å².